The Kier molecular flexibility index (Phi) is 7.02. The Bertz CT molecular complexity index is 816. The van der Waals surface area contributed by atoms with Gasteiger partial charge in [0.25, 0.3) is 0 Å². The van der Waals surface area contributed by atoms with Gasteiger partial charge in [-0.3, -0.25) is 9.59 Å². The molecule has 4 atom stereocenters. The highest BCUT2D eigenvalue weighted by Gasteiger charge is 2.59. The zero-order valence-corrected chi connectivity index (χ0v) is 16.6. The molecule has 1 amide bonds. The van der Waals surface area contributed by atoms with Crippen LogP contribution < -0.4 is 10.9 Å². The number of aromatic amines is 1. The molecule has 174 valence electrons. The van der Waals surface area contributed by atoms with Crippen molar-refractivity contribution >= 4 is 11.6 Å². The van der Waals surface area contributed by atoms with Crippen molar-refractivity contribution in [2.24, 2.45) is 17.8 Å². The number of alkyl halides is 6. The molecule has 3 rings (SSSR count). The Morgan fingerprint density at radius 1 is 1.03 bits per heavy atom. The first kappa shape index (κ1) is 23.6. The highest BCUT2D eigenvalue weighted by Crippen LogP contribution is 2.50. The van der Waals surface area contributed by atoms with Crippen LogP contribution in [-0.2, 0) is 9.53 Å². The number of anilines is 1. The number of H-pyrrole nitrogens is 1. The lowest BCUT2D eigenvalue weighted by molar-refractivity contribution is -0.254. The van der Waals surface area contributed by atoms with Gasteiger partial charge in [0.2, 0.25) is 11.5 Å². The van der Waals surface area contributed by atoms with Crippen LogP contribution in [0.15, 0.2) is 23.1 Å². The number of carbonyl (C=O) groups excluding carboxylic acids is 1. The maximum atomic E-state index is 13.8. The van der Waals surface area contributed by atoms with Crippen LogP contribution >= 0.6 is 0 Å². The highest BCUT2D eigenvalue weighted by atomic mass is 19.4. The van der Waals surface area contributed by atoms with Crippen LogP contribution in [0.1, 0.15) is 44.9 Å². The first-order chi connectivity index (χ1) is 14.4. The fourth-order valence-electron chi connectivity index (χ4n) is 4.53. The van der Waals surface area contributed by atoms with Crippen LogP contribution in [0.3, 0.4) is 0 Å². The van der Waals surface area contributed by atoms with Crippen molar-refractivity contribution in [2.75, 3.05) is 5.32 Å². The lowest BCUT2D eigenvalue weighted by Gasteiger charge is -2.43. The molecule has 0 saturated heterocycles. The van der Waals surface area contributed by atoms with E-state index in [4.69, 9.17) is 4.74 Å². The van der Waals surface area contributed by atoms with E-state index >= 15 is 0 Å². The number of aromatic nitrogens is 1. The SMILES string of the molecule is O=C(Nc1cc[nH]c(=O)c1)C1C(OC2CCCCC2)CC(C(F)(F)F)CC1C(F)(F)F. The predicted octanol–water partition coefficient (Wildman–Crippen LogP) is 4.80. The number of hydrogen-bond donors (Lipinski definition) is 2. The molecule has 2 aliphatic carbocycles. The van der Waals surface area contributed by atoms with E-state index in [-0.39, 0.29) is 5.69 Å². The Hall–Kier alpha value is -2.04. The zero-order valence-electron chi connectivity index (χ0n) is 16.6. The number of halogens is 6. The van der Waals surface area contributed by atoms with E-state index in [0.717, 1.165) is 25.3 Å². The van der Waals surface area contributed by atoms with E-state index in [9.17, 15) is 35.9 Å². The van der Waals surface area contributed by atoms with Crippen molar-refractivity contribution in [1.82, 2.24) is 4.98 Å². The highest BCUT2D eigenvalue weighted by molar-refractivity contribution is 5.93. The van der Waals surface area contributed by atoms with E-state index < -0.39 is 66.6 Å². The smallest absolute Gasteiger partial charge is 0.374 e. The van der Waals surface area contributed by atoms with E-state index in [0.29, 0.717) is 12.8 Å². The van der Waals surface area contributed by atoms with E-state index in [1.54, 1.807) is 0 Å². The summed E-state index contributed by atoms with van der Waals surface area (Å²) in [4.78, 5) is 26.6. The molecule has 4 unspecified atom stereocenters. The topological polar surface area (TPSA) is 71.2 Å². The molecule has 2 fully saturated rings. The quantitative estimate of drug-likeness (QED) is 0.643. The molecular formula is C20H24F6N2O3. The average Bonchev–Trinajstić information content (AvgIpc) is 2.66. The number of ether oxygens (including phenoxy) is 1. The van der Waals surface area contributed by atoms with E-state index in [1.165, 1.54) is 12.3 Å². The summed E-state index contributed by atoms with van der Waals surface area (Å²) in [5, 5.41) is 2.26. The minimum atomic E-state index is -5.02. The minimum absolute atomic E-state index is 0.0379. The summed E-state index contributed by atoms with van der Waals surface area (Å²) in [6, 6.07) is 2.26. The summed E-state index contributed by atoms with van der Waals surface area (Å²) >= 11 is 0. The van der Waals surface area contributed by atoms with Gasteiger partial charge in [0.1, 0.15) is 0 Å². The first-order valence-corrected chi connectivity index (χ1v) is 10.2. The van der Waals surface area contributed by atoms with Gasteiger partial charge in [-0.05, 0) is 31.7 Å². The summed E-state index contributed by atoms with van der Waals surface area (Å²) in [7, 11) is 0. The third kappa shape index (κ3) is 6.02. The summed E-state index contributed by atoms with van der Waals surface area (Å²) in [6.45, 7) is 0. The van der Waals surface area contributed by atoms with Crippen LogP contribution in [-0.4, -0.2) is 35.5 Å². The van der Waals surface area contributed by atoms with E-state index in [1.807, 2.05) is 0 Å². The molecule has 2 aliphatic rings. The molecule has 1 aromatic heterocycles. The number of pyridine rings is 1. The Morgan fingerprint density at radius 2 is 1.71 bits per heavy atom. The zero-order chi connectivity index (χ0) is 22.8. The average molecular weight is 454 g/mol. The molecule has 0 bridgehead atoms. The third-order valence-corrected chi connectivity index (χ3v) is 6.04. The first-order valence-electron chi connectivity index (χ1n) is 10.2. The Balaban J connectivity index is 1.91. The lowest BCUT2D eigenvalue weighted by atomic mass is 9.70. The second-order valence-corrected chi connectivity index (χ2v) is 8.25. The summed E-state index contributed by atoms with van der Waals surface area (Å²) in [6.07, 6.45) is -9.06. The van der Waals surface area contributed by atoms with Gasteiger partial charge < -0.3 is 15.0 Å². The van der Waals surface area contributed by atoms with Gasteiger partial charge in [-0.2, -0.15) is 26.3 Å². The standard InChI is InChI=1S/C20H24F6N2O3/c21-19(22,23)11-8-14(20(24,25)26)17(15(9-11)31-13-4-2-1-3-5-13)18(30)28-12-6-7-27-16(29)10-12/h6-7,10-11,13-15,17H,1-5,8-9H2,(H2,27,28,29,30). The normalized spacial score (nSPS) is 28.3. The van der Waals surface area contributed by atoms with Gasteiger partial charge in [-0.1, -0.05) is 19.3 Å². The summed E-state index contributed by atoms with van der Waals surface area (Å²) in [5.74, 6) is -7.67. The number of amides is 1. The molecule has 5 nitrogen and oxygen atoms in total. The van der Waals surface area contributed by atoms with Crippen molar-refractivity contribution in [2.45, 2.75) is 69.5 Å². The van der Waals surface area contributed by atoms with Crippen molar-refractivity contribution < 1.29 is 35.9 Å². The van der Waals surface area contributed by atoms with Crippen molar-refractivity contribution in [3.8, 4) is 0 Å². The van der Waals surface area contributed by atoms with Crippen molar-refractivity contribution in [3.63, 3.8) is 0 Å². The van der Waals surface area contributed by atoms with Gasteiger partial charge in [-0.15, -0.1) is 0 Å². The van der Waals surface area contributed by atoms with Gasteiger partial charge in [0.15, 0.2) is 0 Å². The maximum Gasteiger partial charge on any atom is 0.392 e. The lowest BCUT2D eigenvalue weighted by Crippen LogP contribution is -2.53. The molecule has 0 aromatic carbocycles. The number of nitrogens with one attached hydrogen (secondary N) is 2. The fraction of sp³-hybridized carbons (Fsp3) is 0.700. The second kappa shape index (κ2) is 9.22. The molecular weight excluding hydrogens is 430 g/mol. The summed E-state index contributed by atoms with van der Waals surface area (Å²) in [5.41, 5.74) is -0.620. The Labute approximate surface area is 174 Å². The van der Waals surface area contributed by atoms with E-state index in [2.05, 4.69) is 10.3 Å². The van der Waals surface area contributed by atoms with Crippen molar-refractivity contribution in [1.29, 1.82) is 0 Å². The Morgan fingerprint density at radius 3 is 2.29 bits per heavy atom. The molecule has 0 aliphatic heterocycles. The number of rotatable bonds is 4. The van der Waals surface area contributed by atoms with Gasteiger partial charge in [-0.25, -0.2) is 0 Å². The third-order valence-electron chi connectivity index (χ3n) is 6.04. The van der Waals surface area contributed by atoms with Gasteiger partial charge in [0.05, 0.1) is 30.0 Å². The van der Waals surface area contributed by atoms with Crippen molar-refractivity contribution in [3.05, 3.63) is 28.7 Å². The molecule has 2 saturated carbocycles. The van der Waals surface area contributed by atoms with Crippen LogP contribution in [0, 0.1) is 17.8 Å². The van der Waals surface area contributed by atoms with Crippen LogP contribution in [0.2, 0.25) is 0 Å². The number of carbonyl (C=O) groups is 1. The molecule has 31 heavy (non-hydrogen) atoms. The fourth-order valence-corrected chi connectivity index (χ4v) is 4.53. The predicted molar refractivity (Wildman–Crippen MR) is 99.3 cm³/mol. The molecule has 0 spiro atoms. The molecule has 2 N–H and O–H groups in total. The molecule has 1 heterocycles. The molecule has 0 radical (unpaired) electrons. The number of hydrogen-bond acceptors (Lipinski definition) is 3. The summed E-state index contributed by atoms with van der Waals surface area (Å²) < 4.78 is 87.4. The second-order valence-electron chi connectivity index (χ2n) is 8.25. The minimum Gasteiger partial charge on any atom is -0.374 e. The van der Waals surface area contributed by atoms with Crippen LogP contribution in [0.4, 0.5) is 32.0 Å². The molecule has 11 heteroatoms. The largest absolute Gasteiger partial charge is 0.392 e. The van der Waals surface area contributed by atoms with Gasteiger partial charge in [0, 0.05) is 18.0 Å². The van der Waals surface area contributed by atoms with Gasteiger partial charge >= 0.3 is 12.4 Å². The maximum absolute atomic E-state index is 13.8. The van der Waals surface area contributed by atoms with Crippen LogP contribution in [0.25, 0.3) is 0 Å². The monoisotopic (exact) mass is 454 g/mol. The van der Waals surface area contributed by atoms with Crippen LogP contribution in [0.5, 0.6) is 0 Å². The molecule has 1 aromatic rings.